The molecule has 0 aromatic rings. The van der Waals surface area contributed by atoms with E-state index in [1.165, 1.54) is 12.8 Å². The topological polar surface area (TPSA) is 81.4 Å². The number of nitrogens with two attached hydrogens (primary N) is 1. The van der Waals surface area contributed by atoms with Gasteiger partial charge in [0.05, 0.1) is 0 Å². The van der Waals surface area contributed by atoms with Crippen LogP contribution in [-0.2, 0) is 9.53 Å². The molecule has 100 valence electrons. The molecule has 0 aromatic carbocycles. The summed E-state index contributed by atoms with van der Waals surface area (Å²) in [5, 5.41) is 2.67. The first-order valence-corrected chi connectivity index (χ1v) is 5.96. The van der Waals surface area contributed by atoms with Gasteiger partial charge in [0.25, 0.3) is 0 Å². The number of carbonyl (C=O) groups excluding carboxylic acids is 2. The normalized spacial score (nSPS) is 15.8. The summed E-state index contributed by atoms with van der Waals surface area (Å²) in [4.78, 5) is 20.9. The Labute approximate surface area is 103 Å². The standard InChI is InChI=1S/C7H13NO.C5H11NO2/c1-8-7(9)6-4-2-3-5-6;1-5(2,3)8-4(6)7/h6H,2-5H2,1H3,(H,8,9);1-3H3,(H2,6,7). The number of rotatable bonds is 1. The monoisotopic (exact) mass is 244 g/mol. The lowest BCUT2D eigenvalue weighted by Crippen LogP contribution is -2.27. The molecule has 0 atom stereocenters. The minimum atomic E-state index is -0.725. The summed E-state index contributed by atoms with van der Waals surface area (Å²) in [5.74, 6) is 0.558. The van der Waals surface area contributed by atoms with E-state index in [1.54, 1.807) is 27.8 Å². The van der Waals surface area contributed by atoms with Gasteiger partial charge in [0.1, 0.15) is 5.60 Å². The van der Waals surface area contributed by atoms with Crippen molar-refractivity contribution in [3.8, 4) is 0 Å². The van der Waals surface area contributed by atoms with Crippen LogP contribution in [0.15, 0.2) is 0 Å². The minimum absolute atomic E-state index is 0.229. The molecule has 1 rings (SSSR count). The highest BCUT2D eigenvalue weighted by Crippen LogP contribution is 2.24. The zero-order valence-corrected chi connectivity index (χ0v) is 11.2. The SMILES string of the molecule is CC(C)(C)OC(N)=O.CNC(=O)C1CCCC1. The number of primary amides is 1. The van der Waals surface area contributed by atoms with E-state index in [9.17, 15) is 9.59 Å². The van der Waals surface area contributed by atoms with Crippen molar-refractivity contribution in [3.05, 3.63) is 0 Å². The molecule has 0 unspecified atom stereocenters. The van der Waals surface area contributed by atoms with Gasteiger partial charge in [-0.05, 0) is 33.6 Å². The molecule has 0 heterocycles. The van der Waals surface area contributed by atoms with Crippen LogP contribution in [-0.4, -0.2) is 24.6 Å². The Hall–Kier alpha value is -1.26. The molecule has 0 bridgehead atoms. The quantitative estimate of drug-likeness (QED) is 0.738. The highest BCUT2D eigenvalue weighted by molar-refractivity contribution is 5.78. The van der Waals surface area contributed by atoms with Crippen LogP contribution in [0.1, 0.15) is 46.5 Å². The molecule has 5 heteroatoms. The average molecular weight is 244 g/mol. The molecule has 3 N–H and O–H groups in total. The van der Waals surface area contributed by atoms with Crippen molar-refractivity contribution < 1.29 is 14.3 Å². The van der Waals surface area contributed by atoms with Gasteiger partial charge in [0, 0.05) is 13.0 Å². The smallest absolute Gasteiger partial charge is 0.405 e. The fraction of sp³-hybridized carbons (Fsp3) is 0.833. The van der Waals surface area contributed by atoms with Crippen LogP contribution in [0.4, 0.5) is 4.79 Å². The van der Waals surface area contributed by atoms with Crippen LogP contribution < -0.4 is 11.1 Å². The predicted molar refractivity (Wildman–Crippen MR) is 66.4 cm³/mol. The van der Waals surface area contributed by atoms with E-state index in [2.05, 4.69) is 10.1 Å². The van der Waals surface area contributed by atoms with Gasteiger partial charge >= 0.3 is 6.09 Å². The maximum absolute atomic E-state index is 10.9. The van der Waals surface area contributed by atoms with Crippen LogP contribution in [0.25, 0.3) is 0 Å². The molecule has 5 nitrogen and oxygen atoms in total. The van der Waals surface area contributed by atoms with Crippen LogP contribution in [0.2, 0.25) is 0 Å². The highest BCUT2D eigenvalue weighted by Gasteiger charge is 2.20. The number of nitrogens with one attached hydrogen (secondary N) is 1. The Morgan fingerprint density at radius 2 is 1.71 bits per heavy atom. The maximum atomic E-state index is 10.9. The third-order valence-electron chi connectivity index (χ3n) is 2.38. The van der Waals surface area contributed by atoms with E-state index >= 15 is 0 Å². The summed E-state index contributed by atoms with van der Waals surface area (Å²) in [5.41, 5.74) is 4.26. The summed E-state index contributed by atoms with van der Waals surface area (Å²) in [7, 11) is 1.71. The third-order valence-corrected chi connectivity index (χ3v) is 2.38. The Balaban J connectivity index is 0.000000304. The van der Waals surface area contributed by atoms with Crippen molar-refractivity contribution in [3.63, 3.8) is 0 Å². The van der Waals surface area contributed by atoms with Gasteiger partial charge in [0.2, 0.25) is 5.91 Å². The van der Waals surface area contributed by atoms with Crippen molar-refractivity contribution in [1.29, 1.82) is 0 Å². The Bertz CT molecular complexity index is 253. The number of ether oxygens (including phenoxy) is 1. The van der Waals surface area contributed by atoms with E-state index in [0.29, 0.717) is 5.92 Å². The summed E-state index contributed by atoms with van der Waals surface area (Å²) in [6.07, 6.45) is 3.94. The van der Waals surface area contributed by atoms with Gasteiger partial charge in [0.15, 0.2) is 0 Å². The second-order valence-electron chi connectivity index (χ2n) is 5.13. The molecule has 1 fully saturated rings. The molecular formula is C12H24N2O3. The largest absolute Gasteiger partial charge is 0.444 e. The van der Waals surface area contributed by atoms with Gasteiger partial charge in [-0.15, -0.1) is 0 Å². The molecule has 0 aliphatic heterocycles. The average Bonchev–Trinajstić information content (AvgIpc) is 2.66. The van der Waals surface area contributed by atoms with Crippen LogP contribution >= 0.6 is 0 Å². The molecular weight excluding hydrogens is 220 g/mol. The van der Waals surface area contributed by atoms with Crippen molar-refractivity contribution in [2.24, 2.45) is 11.7 Å². The maximum Gasteiger partial charge on any atom is 0.405 e. The van der Waals surface area contributed by atoms with Gasteiger partial charge < -0.3 is 15.8 Å². The highest BCUT2D eigenvalue weighted by atomic mass is 16.6. The molecule has 1 aliphatic carbocycles. The Morgan fingerprint density at radius 1 is 1.24 bits per heavy atom. The molecule has 0 radical (unpaired) electrons. The van der Waals surface area contributed by atoms with E-state index < -0.39 is 11.7 Å². The summed E-state index contributed by atoms with van der Waals surface area (Å²) in [6, 6.07) is 0. The van der Waals surface area contributed by atoms with Gasteiger partial charge in [-0.3, -0.25) is 4.79 Å². The molecule has 1 saturated carbocycles. The van der Waals surface area contributed by atoms with Crippen molar-refractivity contribution >= 4 is 12.0 Å². The molecule has 0 spiro atoms. The lowest BCUT2D eigenvalue weighted by atomic mass is 10.1. The summed E-state index contributed by atoms with van der Waals surface area (Å²) < 4.78 is 4.58. The number of hydrogen-bond donors (Lipinski definition) is 2. The van der Waals surface area contributed by atoms with E-state index in [-0.39, 0.29) is 5.91 Å². The second kappa shape index (κ2) is 7.14. The molecule has 1 aliphatic rings. The molecule has 17 heavy (non-hydrogen) atoms. The van der Waals surface area contributed by atoms with Crippen LogP contribution in [0.5, 0.6) is 0 Å². The first-order chi connectivity index (χ1) is 7.76. The Morgan fingerprint density at radius 3 is 1.94 bits per heavy atom. The van der Waals surface area contributed by atoms with Crippen LogP contribution in [0, 0.1) is 5.92 Å². The summed E-state index contributed by atoms with van der Waals surface area (Å²) in [6.45, 7) is 5.28. The molecule has 0 saturated heterocycles. The van der Waals surface area contributed by atoms with Crippen molar-refractivity contribution in [1.82, 2.24) is 5.32 Å². The first-order valence-electron chi connectivity index (χ1n) is 5.96. The lowest BCUT2D eigenvalue weighted by Gasteiger charge is -2.16. The van der Waals surface area contributed by atoms with Gasteiger partial charge in [-0.25, -0.2) is 4.79 Å². The number of carbonyl (C=O) groups is 2. The van der Waals surface area contributed by atoms with E-state index in [4.69, 9.17) is 5.73 Å². The summed E-state index contributed by atoms with van der Waals surface area (Å²) >= 11 is 0. The first kappa shape index (κ1) is 15.7. The fourth-order valence-electron chi connectivity index (χ4n) is 1.69. The fourth-order valence-corrected chi connectivity index (χ4v) is 1.69. The van der Waals surface area contributed by atoms with Gasteiger partial charge in [-0.2, -0.15) is 0 Å². The number of hydrogen-bond acceptors (Lipinski definition) is 3. The second-order valence-corrected chi connectivity index (χ2v) is 5.13. The van der Waals surface area contributed by atoms with Gasteiger partial charge in [-0.1, -0.05) is 12.8 Å². The molecule has 2 amide bonds. The van der Waals surface area contributed by atoms with E-state index in [1.807, 2.05) is 0 Å². The van der Waals surface area contributed by atoms with Crippen LogP contribution in [0.3, 0.4) is 0 Å². The lowest BCUT2D eigenvalue weighted by molar-refractivity contribution is -0.124. The zero-order chi connectivity index (χ0) is 13.5. The minimum Gasteiger partial charge on any atom is -0.444 e. The Kier molecular flexibility index (Phi) is 6.61. The van der Waals surface area contributed by atoms with Crippen molar-refractivity contribution in [2.45, 2.75) is 52.1 Å². The van der Waals surface area contributed by atoms with E-state index in [0.717, 1.165) is 12.8 Å². The zero-order valence-electron chi connectivity index (χ0n) is 11.2. The third kappa shape index (κ3) is 8.54. The number of amides is 2. The predicted octanol–water partition coefficient (Wildman–Crippen LogP) is 1.80. The molecule has 0 aromatic heterocycles. The van der Waals surface area contributed by atoms with Crippen molar-refractivity contribution in [2.75, 3.05) is 7.05 Å².